The highest BCUT2D eigenvalue weighted by Crippen LogP contribution is 2.24. The Balaban J connectivity index is 2.09. The van der Waals surface area contributed by atoms with E-state index in [9.17, 15) is 0 Å². The minimum atomic E-state index is 0.395. The molecule has 0 aromatic heterocycles. The Labute approximate surface area is 139 Å². The summed E-state index contributed by atoms with van der Waals surface area (Å²) < 4.78 is 1.11. The second-order valence-corrected chi connectivity index (χ2v) is 6.78. The lowest BCUT2D eigenvalue weighted by Crippen LogP contribution is -2.10. The summed E-state index contributed by atoms with van der Waals surface area (Å²) in [6.45, 7) is 2.05. The summed E-state index contributed by atoms with van der Waals surface area (Å²) in [5.41, 5.74) is 3.67. The Hall–Kier alpha value is -0.500. The van der Waals surface area contributed by atoms with Gasteiger partial charge in [-0.2, -0.15) is 0 Å². The molecule has 0 bridgehead atoms. The van der Waals surface area contributed by atoms with Crippen molar-refractivity contribution in [3.8, 4) is 0 Å². The van der Waals surface area contributed by atoms with Gasteiger partial charge in [0.1, 0.15) is 0 Å². The van der Waals surface area contributed by atoms with E-state index in [1.165, 1.54) is 16.7 Å². The van der Waals surface area contributed by atoms with Gasteiger partial charge >= 0.3 is 0 Å². The Bertz CT molecular complexity index is 581. The number of benzene rings is 2. The van der Waals surface area contributed by atoms with Crippen molar-refractivity contribution in [2.75, 3.05) is 5.88 Å². The molecule has 0 amide bonds. The van der Waals surface area contributed by atoms with E-state index in [4.69, 9.17) is 23.2 Å². The van der Waals surface area contributed by atoms with Crippen LogP contribution in [0.15, 0.2) is 46.9 Å². The van der Waals surface area contributed by atoms with Crippen LogP contribution in [0.4, 0.5) is 0 Å². The number of hydrogen-bond acceptors (Lipinski definition) is 0. The van der Waals surface area contributed by atoms with Crippen LogP contribution in [0.25, 0.3) is 0 Å². The van der Waals surface area contributed by atoms with Crippen molar-refractivity contribution in [1.82, 2.24) is 0 Å². The molecule has 0 nitrogen and oxygen atoms in total. The summed E-state index contributed by atoms with van der Waals surface area (Å²) in [4.78, 5) is 0. The van der Waals surface area contributed by atoms with E-state index in [2.05, 4.69) is 53.2 Å². The highest BCUT2D eigenvalue weighted by atomic mass is 79.9. The molecule has 1 atom stereocenters. The second-order valence-electron chi connectivity index (χ2n) is 5.15. The van der Waals surface area contributed by atoms with Crippen LogP contribution < -0.4 is 0 Å². The van der Waals surface area contributed by atoms with E-state index < -0.39 is 0 Å². The Morgan fingerprint density at radius 2 is 1.90 bits per heavy atom. The maximum atomic E-state index is 6.31. The van der Waals surface area contributed by atoms with Gasteiger partial charge in [-0.15, -0.1) is 11.6 Å². The van der Waals surface area contributed by atoms with Crippen molar-refractivity contribution in [2.24, 2.45) is 5.92 Å². The molecule has 0 saturated heterocycles. The summed E-state index contributed by atoms with van der Waals surface area (Å²) in [5.74, 6) is 1.03. The van der Waals surface area contributed by atoms with Crippen molar-refractivity contribution in [3.63, 3.8) is 0 Å². The molecule has 0 N–H and O–H groups in total. The standard InChI is InChI=1S/C17H17BrCl2/c1-12-5-6-15(17(20)7-12)9-14(11-19)8-13-3-2-4-16(18)10-13/h2-7,10,14H,8-9,11H2,1H3. The predicted molar refractivity (Wildman–Crippen MR) is 91.9 cm³/mol. The van der Waals surface area contributed by atoms with Crippen molar-refractivity contribution in [3.05, 3.63) is 68.7 Å². The molecule has 3 heteroatoms. The van der Waals surface area contributed by atoms with Crippen molar-refractivity contribution < 1.29 is 0 Å². The third-order valence-electron chi connectivity index (χ3n) is 3.35. The first kappa shape index (κ1) is 15.9. The monoisotopic (exact) mass is 370 g/mol. The molecule has 0 spiro atoms. The number of halogens is 3. The van der Waals surface area contributed by atoms with Gasteiger partial charge in [0.2, 0.25) is 0 Å². The SMILES string of the molecule is Cc1ccc(CC(CCl)Cc2cccc(Br)c2)c(Cl)c1. The Morgan fingerprint density at radius 1 is 1.10 bits per heavy atom. The van der Waals surface area contributed by atoms with Crippen LogP contribution in [-0.2, 0) is 12.8 Å². The lowest BCUT2D eigenvalue weighted by Gasteiger charge is -2.15. The quantitative estimate of drug-likeness (QED) is 0.561. The average molecular weight is 372 g/mol. The smallest absolute Gasteiger partial charge is 0.0440 e. The zero-order valence-electron chi connectivity index (χ0n) is 11.4. The fourth-order valence-corrected chi connectivity index (χ4v) is 3.28. The van der Waals surface area contributed by atoms with Crippen LogP contribution in [0.2, 0.25) is 5.02 Å². The maximum Gasteiger partial charge on any atom is 0.0440 e. The van der Waals surface area contributed by atoms with E-state index in [1.807, 2.05) is 12.1 Å². The molecule has 1 unspecified atom stereocenters. The molecule has 0 aliphatic carbocycles. The third kappa shape index (κ3) is 4.51. The van der Waals surface area contributed by atoms with Gasteiger partial charge < -0.3 is 0 Å². The van der Waals surface area contributed by atoms with Crippen molar-refractivity contribution in [1.29, 1.82) is 0 Å². The van der Waals surface area contributed by atoms with Crippen LogP contribution in [-0.4, -0.2) is 5.88 Å². The molecule has 0 heterocycles. The van der Waals surface area contributed by atoms with Crippen LogP contribution >= 0.6 is 39.1 Å². The largest absolute Gasteiger partial charge is 0.126 e. The number of hydrogen-bond donors (Lipinski definition) is 0. The molecular weight excluding hydrogens is 355 g/mol. The minimum Gasteiger partial charge on any atom is -0.126 e. The molecular formula is C17H17BrCl2. The molecule has 0 radical (unpaired) electrons. The number of alkyl halides is 1. The van der Waals surface area contributed by atoms with Crippen LogP contribution in [0.3, 0.4) is 0 Å². The molecule has 0 fully saturated rings. The molecule has 0 aliphatic rings. The lowest BCUT2D eigenvalue weighted by atomic mass is 9.93. The molecule has 0 saturated carbocycles. The van der Waals surface area contributed by atoms with Gasteiger partial charge in [-0.3, -0.25) is 0 Å². The molecule has 0 aliphatic heterocycles. The summed E-state index contributed by atoms with van der Waals surface area (Å²) in [6, 6.07) is 14.6. The Kier molecular flexibility index (Phi) is 5.95. The molecule has 2 aromatic carbocycles. The maximum absolute atomic E-state index is 6.31. The first-order valence-electron chi connectivity index (χ1n) is 6.64. The molecule has 2 rings (SSSR count). The van der Waals surface area contributed by atoms with Gasteiger partial charge in [0.15, 0.2) is 0 Å². The predicted octanol–water partition coefficient (Wildman–Crippen LogP) is 6.05. The summed E-state index contributed by atoms with van der Waals surface area (Å²) >= 11 is 16.0. The zero-order chi connectivity index (χ0) is 14.5. The average Bonchev–Trinajstić information content (AvgIpc) is 2.41. The van der Waals surface area contributed by atoms with Gasteiger partial charge in [0.05, 0.1) is 0 Å². The first-order valence-corrected chi connectivity index (χ1v) is 8.34. The minimum absolute atomic E-state index is 0.395. The highest BCUT2D eigenvalue weighted by molar-refractivity contribution is 9.10. The first-order chi connectivity index (χ1) is 9.58. The van der Waals surface area contributed by atoms with E-state index in [1.54, 1.807) is 0 Å². The second kappa shape index (κ2) is 7.49. The van der Waals surface area contributed by atoms with Crippen LogP contribution in [0.1, 0.15) is 16.7 Å². The summed E-state index contributed by atoms with van der Waals surface area (Å²) in [5, 5.41) is 0.842. The fraction of sp³-hybridized carbons (Fsp3) is 0.294. The van der Waals surface area contributed by atoms with Gasteiger partial charge in [-0.25, -0.2) is 0 Å². The van der Waals surface area contributed by atoms with Crippen molar-refractivity contribution in [2.45, 2.75) is 19.8 Å². The molecule has 106 valence electrons. The number of rotatable bonds is 5. The zero-order valence-corrected chi connectivity index (χ0v) is 14.5. The normalized spacial score (nSPS) is 12.4. The van der Waals surface area contributed by atoms with E-state index in [-0.39, 0.29) is 0 Å². The molecule has 2 aromatic rings. The summed E-state index contributed by atoms with van der Waals surface area (Å²) in [7, 11) is 0. The van der Waals surface area contributed by atoms with E-state index >= 15 is 0 Å². The third-order valence-corrected chi connectivity index (χ3v) is 4.63. The van der Waals surface area contributed by atoms with Crippen molar-refractivity contribution >= 4 is 39.1 Å². The molecule has 20 heavy (non-hydrogen) atoms. The van der Waals surface area contributed by atoms with Gasteiger partial charge in [0, 0.05) is 15.4 Å². The van der Waals surface area contributed by atoms with E-state index in [0.29, 0.717) is 11.8 Å². The van der Waals surface area contributed by atoms with Gasteiger partial charge in [-0.05, 0) is 60.6 Å². The summed E-state index contributed by atoms with van der Waals surface area (Å²) in [6.07, 6.45) is 1.88. The van der Waals surface area contributed by atoms with Gasteiger partial charge in [0.25, 0.3) is 0 Å². The highest BCUT2D eigenvalue weighted by Gasteiger charge is 2.12. The van der Waals surface area contributed by atoms with Crippen LogP contribution in [0.5, 0.6) is 0 Å². The number of aryl methyl sites for hydroxylation is 1. The Morgan fingerprint density at radius 3 is 2.55 bits per heavy atom. The topological polar surface area (TPSA) is 0 Å². The van der Waals surface area contributed by atoms with E-state index in [0.717, 1.165) is 22.3 Å². The van der Waals surface area contributed by atoms with Gasteiger partial charge in [-0.1, -0.05) is 51.8 Å². The fourth-order valence-electron chi connectivity index (χ4n) is 2.31. The lowest BCUT2D eigenvalue weighted by molar-refractivity contribution is 0.584. The van der Waals surface area contributed by atoms with Crippen LogP contribution in [0, 0.1) is 12.8 Å².